The molecule has 5 nitrogen and oxygen atoms in total. The highest BCUT2D eigenvalue weighted by Crippen LogP contribution is 2.39. The molecule has 0 bridgehead atoms. The molecule has 1 aliphatic carbocycles. The third kappa shape index (κ3) is 4.05. The largest absolute Gasteiger partial charge is 0.466 e. The van der Waals surface area contributed by atoms with Gasteiger partial charge >= 0.3 is 11.9 Å². The van der Waals surface area contributed by atoms with Gasteiger partial charge in [0, 0.05) is 12.8 Å². The molecule has 0 saturated heterocycles. The van der Waals surface area contributed by atoms with Crippen LogP contribution >= 0.6 is 0 Å². The molecule has 0 aromatic rings. The van der Waals surface area contributed by atoms with Crippen molar-refractivity contribution in [2.45, 2.75) is 58.8 Å². The van der Waals surface area contributed by atoms with Gasteiger partial charge in [0.05, 0.1) is 13.2 Å². The van der Waals surface area contributed by atoms with Crippen molar-refractivity contribution in [3.8, 4) is 0 Å². The molecule has 1 rings (SSSR count). The minimum absolute atomic E-state index is 0.0361. The summed E-state index contributed by atoms with van der Waals surface area (Å²) in [5.74, 6) is -0.741. The number of ketones is 1. The van der Waals surface area contributed by atoms with Crippen molar-refractivity contribution in [1.29, 1.82) is 0 Å². The predicted molar refractivity (Wildman–Crippen MR) is 73.0 cm³/mol. The number of hydrogen-bond donors (Lipinski definition) is 0. The van der Waals surface area contributed by atoms with Crippen molar-refractivity contribution < 1.29 is 23.9 Å². The van der Waals surface area contributed by atoms with Crippen molar-refractivity contribution in [2.75, 3.05) is 13.2 Å². The first-order chi connectivity index (χ1) is 9.56. The van der Waals surface area contributed by atoms with Crippen LogP contribution in [0.15, 0.2) is 0 Å². The molecule has 0 spiro atoms. The van der Waals surface area contributed by atoms with E-state index in [4.69, 9.17) is 9.47 Å². The predicted octanol–water partition coefficient (Wildman–Crippen LogP) is 2.41. The van der Waals surface area contributed by atoms with Gasteiger partial charge in [0.2, 0.25) is 0 Å². The molecular weight excluding hydrogens is 260 g/mol. The van der Waals surface area contributed by atoms with E-state index in [0.29, 0.717) is 32.3 Å². The third-order valence-electron chi connectivity index (χ3n) is 3.75. The molecule has 0 aromatic carbocycles. The number of hydrogen-bond acceptors (Lipinski definition) is 5. The summed E-state index contributed by atoms with van der Waals surface area (Å²) >= 11 is 0. The first-order valence-electron chi connectivity index (χ1n) is 7.43. The summed E-state index contributed by atoms with van der Waals surface area (Å²) in [7, 11) is 0. The van der Waals surface area contributed by atoms with Crippen LogP contribution in [0, 0.1) is 5.41 Å². The molecule has 0 amide bonds. The first-order valence-corrected chi connectivity index (χ1v) is 7.43. The van der Waals surface area contributed by atoms with E-state index in [2.05, 4.69) is 0 Å². The molecule has 0 aromatic heterocycles. The molecule has 0 N–H and O–H groups in total. The van der Waals surface area contributed by atoms with E-state index in [0.717, 1.165) is 12.8 Å². The Morgan fingerprint density at radius 3 is 2.45 bits per heavy atom. The van der Waals surface area contributed by atoms with Crippen molar-refractivity contribution >= 4 is 17.7 Å². The van der Waals surface area contributed by atoms with Crippen LogP contribution in [0.25, 0.3) is 0 Å². The maximum absolute atomic E-state index is 12.2. The monoisotopic (exact) mass is 284 g/mol. The van der Waals surface area contributed by atoms with Gasteiger partial charge in [-0.15, -0.1) is 0 Å². The van der Waals surface area contributed by atoms with Crippen molar-refractivity contribution in [3.05, 3.63) is 0 Å². The molecule has 1 saturated carbocycles. The average molecular weight is 284 g/mol. The van der Waals surface area contributed by atoms with Gasteiger partial charge in [0.25, 0.3) is 0 Å². The maximum Gasteiger partial charge on any atom is 0.319 e. The lowest BCUT2D eigenvalue weighted by Crippen LogP contribution is -2.43. The summed E-state index contributed by atoms with van der Waals surface area (Å²) in [5, 5.41) is 0. The zero-order valence-electron chi connectivity index (χ0n) is 12.4. The number of rotatable bonds is 7. The van der Waals surface area contributed by atoms with E-state index in [9.17, 15) is 14.4 Å². The second-order valence-corrected chi connectivity index (χ2v) is 5.09. The van der Waals surface area contributed by atoms with Gasteiger partial charge in [-0.1, -0.05) is 6.42 Å². The first kappa shape index (κ1) is 16.7. The molecule has 1 aliphatic rings. The highest BCUT2D eigenvalue weighted by Gasteiger charge is 2.47. The Kier molecular flexibility index (Phi) is 6.68. The van der Waals surface area contributed by atoms with E-state index in [-0.39, 0.29) is 24.8 Å². The van der Waals surface area contributed by atoms with Gasteiger partial charge in [-0.25, -0.2) is 0 Å². The van der Waals surface area contributed by atoms with Gasteiger partial charge < -0.3 is 9.47 Å². The van der Waals surface area contributed by atoms with Gasteiger partial charge in [0.15, 0.2) is 0 Å². The Balaban J connectivity index is 2.66. The normalized spacial score (nSPS) is 22.4. The minimum Gasteiger partial charge on any atom is -0.466 e. The fourth-order valence-electron chi connectivity index (χ4n) is 2.71. The van der Waals surface area contributed by atoms with Crippen LogP contribution < -0.4 is 0 Å². The Bertz CT molecular complexity index is 363. The molecular formula is C15H24O5. The lowest BCUT2D eigenvalue weighted by molar-refractivity contribution is -0.163. The lowest BCUT2D eigenvalue weighted by Gasteiger charge is -2.33. The number of Topliss-reactive ketones (excluding diaryl/α,β-unsaturated/α-hetero) is 1. The quantitative estimate of drug-likeness (QED) is 0.530. The van der Waals surface area contributed by atoms with Crippen LogP contribution in [-0.4, -0.2) is 30.9 Å². The fraction of sp³-hybridized carbons (Fsp3) is 0.800. The topological polar surface area (TPSA) is 69.7 Å². The van der Waals surface area contributed by atoms with Crippen molar-refractivity contribution in [2.24, 2.45) is 5.41 Å². The van der Waals surface area contributed by atoms with Crippen molar-refractivity contribution in [3.63, 3.8) is 0 Å². The van der Waals surface area contributed by atoms with Crippen LogP contribution in [0.2, 0.25) is 0 Å². The smallest absolute Gasteiger partial charge is 0.319 e. The molecule has 0 aliphatic heterocycles. The Morgan fingerprint density at radius 2 is 1.85 bits per heavy atom. The summed E-state index contributed by atoms with van der Waals surface area (Å²) in [6.07, 6.45) is 3.74. The minimum atomic E-state index is -1.03. The highest BCUT2D eigenvalue weighted by molar-refractivity contribution is 6.04. The van der Waals surface area contributed by atoms with E-state index >= 15 is 0 Å². The summed E-state index contributed by atoms with van der Waals surface area (Å²) < 4.78 is 9.94. The SMILES string of the molecule is CCOC(=O)CCCC1(C(=O)OCC)CCCCC1=O. The number of ether oxygens (including phenoxy) is 2. The molecule has 1 unspecified atom stereocenters. The van der Waals surface area contributed by atoms with E-state index in [1.807, 2.05) is 0 Å². The second-order valence-electron chi connectivity index (χ2n) is 5.09. The average Bonchev–Trinajstić information content (AvgIpc) is 2.41. The van der Waals surface area contributed by atoms with Crippen molar-refractivity contribution in [1.82, 2.24) is 0 Å². The lowest BCUT2D eigenvalue weighted by atomic mass is 9.70. The van der Waals surface area contributed by atoms with E-state index in [1.54, 1.807) is 13.8 Å². The summed E-state index contributed by atoms with van der Waals surface area (Å²) in [5.41, 5.74) is -1.03. The van der Waals surface area contributed by atoms with E-state index in [1.165, 1.54) is 0 Å². The molecule has 0 heterocycles. The summed E-state index contributed by atoms with van der Waals surface area (Å²) in [6, 6.07) is 0. The third-order valence-corrected chi connectivity index (χ3v) is 3.75. The Hall–Kier alpha value is -1.39. The number of carbonyl (C=O) groups excluding carboxylic acids is 3. The van der Waals surface area contributed by atoms with Gasteiger partial charge in [0.1, 0.15) is 11.2 Å². The second kappa shape index (κ2) is 8.02. The molecule has 0 radical (unpaired) electrons. The standard InChI is InChI=1S/C15H24O5/c1-3-19-13(17)9-7-11-15(14(18)20-4-2)10-6-5-8-12(15)16/h3-11H2,1-2H3. The highest BCUT2D eigenvalue weighted by atomic mass is 16.5. The van der Waals surface area contributed by atoms with E-state index < -0.39 is 11.4 Å². The maximum atomic E-state index is 12.2. The molecule has 1 atom stereocenters. The molecule has 114 valence electrons. The summed E-state index contributed by atoms with van der Waals surface area (Å²) in [4.78, 5) is 35.7. The van der Waals surface area contributed by atoms with Crippen LogP contribution in [0.4, 0.5) is 0 Å². The Morgan fingerprint density at radius 1 is 1.15 bits per heavy atom. The van der Waals surface area contributed by atoms with Gasteiger partial charge in [-0.2, -0.15) is 0 Å². The summed E-state index contributed by atoms with van der Waals surface area (Å²) in [6.45, 7) is 4.10. The van der Waals surface area contributed by atoms with Crippen LogP contribution in [0.5, 0.6) is 0 Å². The number of esters is 2. The van der Waals surface area contributed by atoms with Crippen LogP contribution in [-0.2, 0) is 23.9 Å². The fourth-order valence-corrected chi connectivity index (χ4v) is 2.71. The molecule has 1 fully saturated rings. The number of carbonyl (C=O) groups is 3. The van der Waals surface area contributed by atoms with Crippen LogP contribution in [0.3, 0.4) is 0 Å². The Labute approximate surface area is 120 Å². The zero-order valence-corrected chi connectivity index (χ0v) is 12.4. The van der Waals surface area contributed by atoms with Gasteiger partial charge in [-0.3, -0.25) is 14.4 Å². The van der Waals surface area contributed by atoms with Gasteiger partial charge in [-0.05, 0) is 39.5 Å². The zero-order chi connectivity index (χ0) is 15.0. The molecule has 20 heavy (non-hydrogen) atoms. The molecule has 5 heteroatoms. The van der Waals surface area contributed by atoms with Crippen LogP contribution in [0.1, 0.15) is 58.8 Å².